The monoisotopic (exact) mass is 459 g/mol. The second-order valence-corrected chi connectivity index (χ2v) is 7.76. The molecule has 0 saturated carbocycles. The fourth-order valence-corrected chi connectivity index (χ4v) is 3.70. The molecule has 1 heterocycles. The van der Waals surface area contributed by atoms with E-state index in [1.54, 1.807) is 55.3 Å². The summed E-state index contributed by atoms with van der Waals surface area (Å²) in [4.78, 5) is 27.4. The van der Waals surface area contributed by atoms with E-state index in [1.807, 2.05) is 48.6 Å². The van der Waals surface area contributed by atoms with Gasteiger partial charge in [-0.05, 0) is 72.7 Å². The zero-order valence-corrected chi connectivity index (χ0v) is 19.0. The molecular weight excluding hydrogens is 438 g/mol. The van der Waals surface area contributed by atoms with Gasteiger partial charge >= 0.3 is 5.97 Å². The van der Waals surface area contributed by atoms with Gasteiger partial charge in [0.1, 0.15) is 5.75 Å². The highest BCUT2D eigenvalue weighted by molar-refractivity contribution is 6.30. The number of carbonyl (C=O) groups is 2. The van der Waals surface area contributed by atoms with Crippen LogP contribution in [0.3, 0.4) is 0 Å². The minimum absolute atomic E-state index is 0.197. The minimum atomic E-state index is -0.433. The number of anilines is 1. The predicted octanol–water partition coefficient (Wildman–Crippen LogP) is 6.00. The number of rotatable bonds is 6. The van der Waals surface area contributed by atoms with Crippen molar-refractivity contribution in [1.82, 2.24) is 0 Å². The molecule has 0 bridgehead atoms. The van der Waals surface area contributed by atoms with Gasteiger partial charge in [0.05, 0.1) is 30.7 Å². The summed E-state index contributed by atoms with van der Waals surface area (Å²) in [6, 6.07) is 21.6. The molecule has 1 aliphatic rings. The smallest absolute Gasteiger partial charge is 0.338 e. The van der Waals surface area contributed by atoms with E-state index in [4.69, 9.17) is 21.1 Å². The molecule has 0 spiro atoms. The zero-order valence-electron chi connectivity index (χ0n) is 18.2. The van der Waals surface area contributed by atoms with Crippen molar-refractivity contribution in [2.24, 2.45) is 0 Å². The van der Waals surface area contributed by atoms with Crippen molar-refractivity contribution in [1.29, 1.82) is 0 Å². The van der Waals surface area contributed by atoms with Gasteiger partial charge in [0.25, 0.3) is 5.91 Å². The number of hydrogen-bond donors (Lipinski definition) is 0. The predicted molar refractivity (Wildman–Crippen MR) is 130 cm³/mol. The largest absolute Gasteiger partial charge is 0.497 e. The molecule has 0 aromatic heterocycles. The van der Waals surface area contributed by atoms with E-state index in [2.05, 4.69) is 0 Å². The van der Waals surface area contributed by atoms with Crippen molar-refractivity contribution in [3.63, 3.8) is 0 Å². The van der Waals surface area contributed by atoms with Gasteiger partial charge in [-0.15, -0.1) is 0 Å². The van der Waals surface area contributed by atoms with Crippen LogP contribution in [0.15, 0.2) is 84.4 Å². The highest BCUT2D eigenvalue weighted by Crippen LogP contribution is 2.36. The molecule has 33 heavy (non-hydrogen) atoms. The molecule has 0 saturated heterocycles. The number of hydrogen-bond acceptors (Lipinski definition) is 4. The van der Waals surface area contributed by atoms with Crippen molar-refractivity contribution >= 4 is 40.9 Å². The molecule has 166 valence electrons. The van der Waals surface area contributed by atoms with Crippen LogP contribution in [-0.2, 0) is 9.53 Å². The summed E-state index contributed by atoms with van der Waals surface area (Å²) in [5, 5.41) is 0.605. The van der Waals surface area contributed by atoms with Gasteiger partial charge in [0.2, 0.25) is 0 Å². The number of carbonyl (C=O) groups excluding carboxylic acids is 2. The molecule has 1 amide bonds. The minimum Gasteiger partial charge on any atom is -0.497 e. The molecular formula is C27H22ClNO4. The van der Waals surface area contributed by atoms with Crippen LogP contribution < -0.4 is 9.64 Å². The fourth-order valence-electron chi connectivity index (χ4n) is 3.57. The Bertz CT molecular complexity index is 1240. The second-order valence-electron chi connectivity index (χ2n) is 7.32. The molecule has 0 atom stereocenters. The van der Waals surface area contributed by atoms with Gasteiger partial charge in [-0.2, -0.15) is 0 Å². The molecule has 3 aromatic carbocycles. The molecule has 0 radical (unpaired) electrons. The quantitative estimate of drug-likeness (QED) is 0.335. The molecule has 5 nitrogen and oxygen atoms in total. The van der Waals surface area contributed by atoms with Crippen molar-refractivity contribution in [2.45, 2.75) is 6.92 Å². The summed E-state index contributed by atoms with van der Waals surface area (Å²) in [5.41, 5.74) is 3.86. The number of ether oxygens (including phenoxy) is 2. The first-order chi connectivity index (χ1) is 16.0. The van der Waals surface area contributed by atoms with Crippen molar-refractivity contribution in [3.8, 4) is 5.75 Å². The van der Waals surface area contributed by atoms with Gasteiger partial charge in [-0.25, -0.2) is 4.79 Å². The zero-order chi connectivity index (χ0) is 23.4. The Labute approximate surface area is 197 Å². The summed E-state index contributed by atoms with van der Waals surface area (Å²) in [7, 11) is 1.61. The van der Waals surface area contributed by atoms with Crippen molar-refractivity contribution in [2.75, 3.05) is 18.6 Å². The Hall–Kier alpha value is -3.83. The van der Waals surface area contributed by atoms with E-state index in [0.717, 1.165) is 16.9 Å². The summed E-state index contributed by atoms with van der Waals surface area (Å²) >= 11 is 6.07. The van der Waals surface area contributed by atoms with E-state index in [1.165, 1.54) is 0 Å². The molecule has 0 fully saturated rings. The van der Waals surface area contributed by atoms with Crippen LogP contribution in [0.2, 0.25) is 5.02 Å². The van der Waals surface area contributed by atoms with Crippen molar-refractivity contribution < 1.29 is 19.1 Å². The standard InChI is InChI=1S/C27H22ClNO4/c1-3-33-27(31)20-5-4-6-23(16-20)29-25(19-9-11-22(28)12-10-19)17-21(26(29)30)15-18-7-13-24(32-2)14-8-18/h4-17H,3H2,1-2H3/b21-15-. The average Bonchev–Trinajstić information content (AvgIpc) is 3.16. The molecule has 4 rings (SSSR count). The van der Waals surface area contributed by atoms with E-state index >= 15 is 0 Å². The van der Waals surface area contributed by atoms with Gasteiger partial charge in [0, 0.05) is 10.6 Å². The maximum atomic E-state index is 13.5. The highest BCUT2D eigenvalue weighted by Gasteiger charge is 2.31. The van der Waals surface area contributed by atoms with E-state index < -0.39 is 5.97 Å². The van der Waals surface area contributed by atoms with Crippen LogP contribution in [0.5, 0.6) is 5.75 Å². The van der Waals surface area contributed by atoms with Crippen LogP contribution >= 0.6 is 11.6 Å². The lowest BCUT2D eigenvalue weighted by Gasteiger charge is -2.21. The number of methoxy groups -OCH3 is 1. The molecule has 6 heteroatoms. The lowest BCUT2D eigenvalue weighted by atomic mass is 10.1. The summed E-state index contributed by atoms with van der Waals surface area (Å²) in [6.45, 7) is 2.03. The van der Waals surface area contributed by atoms with Crippen LogP contribution in [-0.4, -0.2) is 25.6 Å². The Morgan fingerprint density at radius 3 is 2.42 bits per heavy atom. The Morgan fingerprint density at radius 1 is 1.03 bits per heavy atom. The molecule has 0 unspecified atom stereocenters. The summed E-state index contributed by atoms with van der Waals surface area (Å²) in [6.07, 6.45) is 3.67. The highest BCUT2D eigenvalue weighted by atomic mass is 35.5. The molecule has 1 aliphatic heterocycles. The van der Waals surface area contributed by atoms with Crippen LogP contribution in [0.25, 0.3) is 11.8 Å². The molecule has 0 N–H and O–H groups in total. The maximum absolute atomic E-state index is 13.5. The first-order valence-corrected chi connectivity index (χ1v) is 10.8. The lowest BCUT2D eigenvalue weighted by Crippen LogP contribution is -2.25. The van der Waals surface area contributed by atoms with E-state index in [0.29, 0.717) is 27.5 Å². The van der Waals surface area contributed by atoms with Gasteiger partial charge < -0.3 is 9.47 Å². The Balaban J connectivity index is 1.78. The molecule has 3 aromatic rings. The third-order valence-electron chi connectivity index (χ3n) is 5.18. The van der Waals surface area contributed by atoms with Crippen molar-refractivity contribution in [3.05, 3.63) is 106 Å². The summed E-state index contributed by atoms with van der Waals surface area (Å²) < 4.78 is 10.3. The number of nitrogens with zero attached hydrogens (tertiary/aromatic N) is 1. The fraction of sp³-hybridized carbons (Fsp3) is 0.111. The Morgan fingerprint density at radius 2 is 1.76 bits per heavy atom. The number of benzene rings is 3. The third kappa shape index (κ3) is 4.83. The lowest BCUT2D eigenvalue weighted by molar-refractivity contribution is -0.113. The first-order valence-electron chi connectivity index (χ1n) is 10.4. The Kier molecular flexibility index (Phi) is 6.61. The average molecular weight is 460 g/mol. The number of esters is 1. The topological polar surface area (TPSA) is 55.8 Å². The number of amides is 1. The normalized spacial score (nSPS) is 14.4. The molecule has 0 aliphatic carbocycles. The van der Waals surface area contributed by atoms with Crippen LogP contribution in [0, 0.1) is 0 Å². The number of halogens is 1. The van der Waals surface area contributed by atoms with Gasteiger partial charge in [0.15, 0.2) is 0 Å². The first kappa shape index (κ1) is 22.4. The maximum Gasteiger partial charge on any atom is 0.338 e. The second kappa shape index (κ2) is 9.76. The van der Waals surface area contributed by atoms with Crippen LogP contribution in [0.4, 0.5) is 5.69 Å². The third-order valence-corrected chi connectivity index (χ3v) is 5.43. The van der Waals surface area contributed by atoms with E-state index in [-0.39, 0.29) is 12.5 Å². The van der Waals surface area contributed by atoms with Gasteiger partial charge in [-0.1, -0.05) is 41.9 Å². The van der Waals surface area contributed by atoms with E-state index in [9.17, 15) is 9.59 Å². The SMILES string of the molecule is CCOC(=O)c1cccc(N2C(=O)/C(=C\c3ccc(OC)cc3)C=C2c2ccc(Cl)cc2)c1. The van der Waals surface area contributed by atoms with Crippen LogP contribution in [0.1, 0.15) is 28.4 Å². The van der Waals surface area contributed by atoms with Gasteiger partial charge in [-0.3, -0.25) is 9.69 Å². The summed E-state index contributed by atoms with van der Waals surface area (Å²) in [5.74, 6) is 0.110.